The number of nitrogens with one attached hydrogen (secondary N) is 1. The first-order chi connectivity index (χ1) is 14.7. The van der Waals surface area contributed by atoms with Crippen LogP contribution in [0.5, 0.6) is 0 Å². The van der Waals surface area contributed by atoms with E-state index < -0.39 is 0 Å². The van der Waals surface area contributed by atoms with Crippen molar-refractivity contribution in [3.8, 4) is 17.1 Å². The van der Waals surface area contributed by atoms with E-state index in [4.69, 9.17) is 11.6 Å². The van der Waals surface area contributed by atoms with Gasteiger partial charge in [-0.05, 0) is 47.8 Å². The molecule has 1 N–H and O–H groups in total. The molecule has 4 heterocycles. The first kappa shape index (κ1) is 19.0. The Hall–Kier alpha value is -3.01. The van der Waals surface area contributed by atoms with Crippen molar-refractivity contribution in [2.45, 2.75) is 10.9 Å². The molecule has 0 bridgehead atoms. The highest BCUT2D eigenvalue weighted by atomic mass is 35.5. The van der Waals surface area contributed by atoms with E-state index in [2.05, 4.69) is 25.1 Å². The molecule has 0 atom stereocenters. The lowest BCUT2D eigenvalue weighted by atomic mass is 10.2. The molecule has 0 saturated carbocycles. The zero-order valence-corrected chi connectivity index (χ0v) is 17.7. The van der Waals surface area contributed by atoms with E-state index in [1.54, 1.807) is 12.4 Å². The zero-order chi connectivity index (χ0) is 20.5. The number of rotatable bonds is 5. The first-order valence-electron chi connectivity index (χ1n) is 8.90. The number of aromatic amines is 1. The minimum Gasteiger partial charge on any atom is -0.309 e. The van der Waals surface area contributed by atoms with Gasteiger partial charge in [0.15, 0.2) is 11.0 Å². The lowest BCUT2D eigenvalue weighted by Gasteiger charge is -2.10. The summed E-state index contributed by atoms with van der Waals surface area (Å²) in [6.45, 7) is 0. The van der Waals surface area contributed by atoms with Gasteiger partial charge in [0, 0.05) is 28.7 Å². The Morgan fingerprint density at radius 3 is 2.67 bits per heavy atom. The normalized spacial score (nSPS) is 11.2. The molecule has 4 aromatic heterocycles. The fourth-order valence-electron chi connectivity index (χ4n) is 3.00. The van der Waals surface area contributed by atoms with Gasteiger partial charge in [0.2, 0.25) is 0 Å². The van der Waals surface area contributed by atoms with E-state index in [0.29, 0.717) is 37.8 Å². The Balaban J connectivity index is 1.53. The second-order valence-corrected chi connectivity index (χ2v) is 8.59. The molecule has 0 spiro atoms. The second kappa shape index (κ2) is 8.02. The SMILES string of the molecule is O=c1[nH]c(CSc2nnc(-c3ccncc3)n2-c2ccc(Cl)cc2)nc2ccsc12. The number of thioether (sulfide) groups is 1. The third kappa shape index (κ3) is 3.62. The maximum absolute atomic E-state index is 12.2. The summed E-state index contributed by atoms with van der Waals surface area (Å²) in [5.41, 5.74) is 2.36. The van der Waals surface area contributed by atoms with Gasteiger partial charge < -0.3 is 4.98 Å². The Morgan fingerprint density at radius 2 is 1.87 bits per heavy atom. The molecule has 0 saturated heterocycles. The van der Waals surface area contributed by atoms with Crippen molar-refractivity contribution < 1.29 is 0 Å². The third-order valence-corrected chi connectivity index (χ3v) is 6.45. The van der Waals surface area contributed by atoms with Crippen molar-refractivity contribution in [2.24, 2.45) is 0 Å². The molecule has 1 aromatic carbocycles. The number of fused-ring (bicyclic) bond motifs is 1. The second-order valence-electron chi connectivity index (χ2n) is 6.29. The fourth-order valence-corrected chi connectivity index (χ4v) is 4.67. The number of halogens is 1. The van der Waals surface area contributed by atoms with Crippen LogP contribution in [0.4, 0.5) is 0 Å². The molecular weight excluding hydrogens is 440 g/mol. The lowest BCUT2D eigenvalue weighted by molar-refractivity contribution is 0.883. The summed E-state index contributed by atoms with van der Waals surface area (Å²) in [5.74, 6) is 1.73. The zero-order valence-electron chi connectivity index (χ0n) is 15.3. The molecule has 5 rings (SSSR count). The fraction of sp³-hybridized carbons (Fsp3) is 0.0500. The molecule has 7 nitrogen and oxygen atoms in total. The Bertz CT molecular complexity index is 1380. The monoisotopic (exact) mass is 452 g/mol. The highest BCUT2D eigenvalue weighted by molar-refractivity contribution is 7.98. The predicted molar refractivity (Wildman–Crippen MR) is 119 cm³/mol. The van der Waals surface area contributed by atoms with Crippen LogP contribution < -0.4 is 5.56 Å². The molecule has 0 aliphatic rings. The maximum Gasteiger partial charge on any atom is 0.268 e. The van der Waals surface area contributed by atoms with Crippen molar-refractivity contribution in [2.75, 3.05) is 0 Å². The Labute approximate surface area is 183 Å². The van der Waals surface area contributed by atoms with E-state index >= 15 is 0 Å². The number of thiophene rings is 1. The van der Waals surface area contributed by atoms with E-state index in [1.807, 2.05) is 52.4 Å². The largest absolute Gasteiger partial charge is 0.309 e. The number of nitrogens with zero attached hydrogens (tertiary/aromatic N) is 5. The van der Waals surface area contributed by atoms with Gasteiger partial charge in [0.1, 0.15) is 10.5 Å². The summed E-state index contributed by atoms with van der Waals surface area (Å²) in [6.07, 6.45) is 3.43. The minimum atomic E-state index is -0.123. The van der Waals surface area contributed by atoms with Crippen molar-refractivity contribution >= 4 is 44.9 Å². The summed E-state index contributed by atoms with van der Waals surface area (Å²) >= 11 is 8.90. The third-order valence-electron chi connectivity index (χ3n) is 4.36. The smallest absolute Gasteiger partial charge is 0.268 e. The molecule has 30 heavy (non-hydrogen) atoms. The van der Waals surface area contributed by atoms with Crippen LogP contribution in [-0.2, 0) is 5.75 Å². The van der Waals surface area contributed by atoms with Crippen LogP contribution in [0.1, 0.15) is 5.82 Å². The molecule has 0 aliphatic carbocycles. The highest BCUT2D eigenvalue weighted by Gasteiger charge is 2.17. The van der Waals surface area contributed by atoms with Gasteiger partial charge in [0.25, 0.3) is 5.56 Å². The maximum atomic E-state index is 12.2. The van der Waals surface area contributed by atoms with Gasteiger partial charge in [0.05, 0.1) is 11.3 Å². The molecular formula is C20H13ClN6OS2. The molecule has 5 aromatic rings. The number of pyridine rings is 1. The number of aromatic nitrogens is 6. The van der Waals surface area contributed by atoms with E-state index in [0.717, 1.165) is 11.3 Å². The standard InChI is InChI=1S/C20H13ClN6OS2/c21-13-1-3-14(4-2-13)27-18(12-5-8-22-9-6-12)25-26-20(27)30-11-16-23-15-7-10-29-17(15)19(28)24-16/h1-10H,11H2,(H,23,24,28). The predicted octanol–water partition coefficient (Wildman–Crippen LogP) is 4.57. The van der Waals surface area contributed by atoms with Gasteiger partial charge in [-0.2, -0.15) is 0 Å². The summed E-state index contributed by atoms with van der Waals surface area (Å²) in [4.78, 5) is 23.7. The molecule has 0 aliphatic heterocycles. The summed E-state index contributed by atoms with van der Waals surface area (Å²) < 4.78 is 2.59. The summed E-state index contributed by atoms with van der Waals surface area (Å²) in [6, 6.07) is 13.1. The summed E-state index contributed by atoms with van der Waals surface area (Å²) in [7, 11) is 0. The number of benzene rings is 1. The number of hydrogen-bond donors (Lipinski definition) is 1. The average molecular weight is 453 g/mol. The van der Waals surface area contributed by atoms with E-state index in [1.165, 1.54) is 23.1 Å². The van der Waals surface area contributed by atoms with E-state index in [-0.39, 0.29) is 5.56 Å². The van der Waals surface area contributed by atoms with Crippen LogP contribution in [0.2, 0.25) is 5.02 Å². The lowest BCUT2D eigenvalue weighted by Crippen LogP contribution is -2.09. The van der Waals surface area contributed by atoms with Crippen molar-refractivity contribution in [1.29, 1.82) is 0 Å². The van der Waals surface area contributed by atoms with Crippen LogP contribution in [0.3, 0.4) is 0 Å². The molecule has 148 valence electrons. The highest BCUT2D eigenvalue weighted by Crippen LogP contribution is 2.29. The molecule has 0 amide bonds. The van der Waals surface area contributed by atoms with Gasteiger partial charge in [-0.25, -0.2) is 4.98 Å². The molecule has 0 radical (unpaired) electrons. The topological polar surface area (TPSA) is 89.4 Å². The summed E-state index contributed by atoms with van der Waals surface area (Å²) in [5, 5.41) is 12.0. The van der Waals surface area contributed by atoms with Crippen molar-refractivity contribution in [3.05, 3.63) is 81.4 Å². The quantitative estimate of drug-likeness (QED) is 0.393. The van der Waals surface area contributed by atoms with Gasteiger partial charge in [-0.15, -0.1) is 21.5 Å². The Kier molecular flexibility index (Phi) is 5.07. The van der Waals surface area contributed by atoms with E-state index in [9.17, 15) is 4.79 Å². The van der Waals surface area contributed by atoms with Crippen molar-refractivity contribution in [3.63, 3.8) is 0 Å². The van der Waals surface area contributed by atoms with Gasteiger partial charge >= 0.3 is 0 Å². The van der Waals surface area contributed by atoms with Crippen LogP contribution in [0.15, 0.2) is 70.2 Å². The first-order valence-corrected chi connectivity index (χ1v) is 11.1. The number of H-pyrrole nitrogens is 1. The molecule has 0 unspecified atom stereocenters. The Morgan fingerprint density at radius 1 is 1.07 bits per heavy atom. The number of hydrogen-bond acceptors (Lipinski definition) is 7. The van der Waals surface area contributed by atoms with Crippen LogP contribution in [0.25, 0.3) is 27.3 Å². The van der Waals surface area contributed by atoms with Gasteiger partial charge in [-0.3, -0.25) is 14.3 Å². The molecule has 10 heteroatoms. The van der Waals surface area contributed by atoms with Crippen LogP contribution in [0, 0.1) is 0 Å². The molecule has 0 fully saturated rings. The van der Waals surface area contributed by atoms with Crippen LogP contribution in [-0.4, -0.2) is 29.7 Å². The minimum absolute atomic E-state index is 0.123. The average Bonchev–Trinajstić information content (AvgIpc) is 3.41. The van der Waals surface area contributed by atoms with Gasteiger partial charge in [-0.1, -0.05) is 23.4 Å². The van der Waals surface area contributed by atoms with Crippen molar-refractivity contribution in [1.82, 2.24) is 29.7 Å². The van der Waals surface area contributed by atoms with Crippen LogP contribution >= 0.6 is 34.7 Å².